The molecule has 6 rings (SSSR count). The molecule has 2 heterocycles. The first-order valence-corrected chi connectivity index (χ1v) is 12.3. The lowest BCUT2D eigenvalue weighted by atomic mass is 9.97. The van der Waals surface area contributed by atoms with Crippen LogP contribution in [0.1, 0.15) is 30.9 Å². The number of amides is 2. The number of alkyl halides is 3. The maximum atomic E-state index is 14.2. The van der Waals surface area contributed by atoms with E-state index in [0.29, 0.717) is 27.8 Å². The van der Waals surface area contributed by atoms with Gasteiger partial charge in [-0.1, -0.05) is 12.1 Å². The lowest BCUT2D eigenvalue weighted by Crippen LogP contribution is -2.47. The molecule has 39 heavy (non-hydrogen) atoms. The maximum Gasteiger partial charge on any atom is 0.403 e. The topological polar surface area (TPSA) is 67.2 Å². The van der Waals surface area contributed by atoms with Crippen LogP contribution in [0.4, 0.5) is 27.6 Å². The summed E-state index contributed by atoms with van der Waals surface area (Å²) in [6, 6.07) is 14.3. The van der Waals surface area contributed by atoms with Crippen molar-refractivity contribution in [2.45, 2.75) is 37.5 Å². The molecular weight excluding hydrogens is 519 g/mol. The SMILES string of the molecule is O=C1C[C@H](NC(=O)C2(C(F)(F)F)CC2)[C@@H](c2cccc(F)c2)N1c1ccc2c(cnn2-c2ccc(F)cc2)c1. The van der Waals surface area contributed by atoms with Crippen LogP contribution in [0.5, 0.6) is 0 Å². The zero-order chi connectivity index (χ0) is 27.5. The standard InChI is InChI=1S/C28H21F5N4O2/c29-18-4-6-20(7-5-18)37-23-9-8-21(13-17(23)15-34-37)36-24(38)14-22(25(36)16-2-1-3-19(30)12-16)35-26(39)27(10-11-27)28(31,32)33/h1-9,12-13,15,22,25H,10-11,14H2,(H,35,39)/t22-,25+/m0/s1. The fraction of sp³-hybridized carbons (Fsp3) is 0.250. The first kappa shape index (κ1) is 25.0. The van der Waals surface area contributed by atoms with Crippen molar-refractivity contribution in [3.63, 3.8) is 0 Å². The highest BCUT2D eigenvalue weighted by molar-refractivity contribution is 6.00. The molecule has 1 saturated heterocycles. The molecule has 11 heteroatoms. The van der Waals surface area contributed by atoms with Gasteiger partial charge < -0.3 is 10.2 Å². The van der Waals surface area contributed by atoms with Crippen molar-refractivity contribution in [2.75, 3.05) is 4.90 Å². The summed E-state index contributed by atoms with van der Waals surface area (Å²) in [4.78, 5) is 27.5. The van der Waals surface area contributed by atoms with Gasteiger partial charge in [0.15, 0.2) is 0 Å². The van der Waals surface area contributed by atoms with Crippen molar-refractivity contribution in [3.8, 4) is 5.69 Å². The van der Waals surface area contributed by atoms with Crippen LogP contribution in [0.2, 0.25) is 0 Å². The summed E-state index contributed by atoms with van der Waals surface area (Å²) in [5, 5.41) is 7.47. The van der Waals surface area contributed by atoms with Crippen LogP contribution in [-0.4, -0.2) is 33.8 Å². The zero-order valence-electron chi connectivity index (χ0n) is 20.3. The second-order valence-corrected chi connectivity index (χ2v) is 9.90. The molecule has 3 aromatic carbocycles. The predicted molar refractivity (Wildman–Crippen MR) is 132 cm³/mol. The molecule has 2 fully saturated rings. The third-order valence-electron chi connectivity index (χ3n) is 7.46. The van der Waals surface area contributed by atoms with Gasteiger partial charge in [0.25, 0.3) is 0 Å². The van der Waals surface area contributed by atoms with E-state index >= 15 is 0 Å². The number of rotatable bonds is 5. The molecule has 2 atom stereocenters. The van der Waals surface area contributed by atoms with Crippen LogP contribution in [-0.2, 0) is 9.59 Å². The molecule has 4 aromatic rings. The first-order valence-electron chi connectivity index (χ1n) is 12.3. The number of fused-ring (bicyclic) bond motifs is 1. The second kappa shape index (κ2) is 8.89. The van der Waals surface area contributed by atoms with Gasteiger partial charge in [0.2, 0.25) is 11.8 Å². The van der Waals surface area contributed by atoms with E-state index in [1.165, 1.54) is 35.2 Å². The molecular formula is C28H21F5N4O2. The van der Waals surface area contributed by atoms with Crippen molar-refractivity contribution in [2.24, 2.45) is 5.41 Å². The van der Waals surface area contributed by atoms with Crippen molar-refractivity contribution in [1.29, 1.82) is 0 Å². The Morgan fingerprint density at radius 3 is 2.33 bits per heavy atom. The Bertz CT molecular complexity index is 1590. The average molecular weight is 540 g/mol. The fourth-order valence-corrected chi connectivity index (χ4v) is 5.27. The minimum Gasteiger partial charge on any atom is -0.350 e. The van der Waals surface area contributed by atoms with Crippen LogP contribution in [0.25, 0.3) is 16.6 Å². The van der Waals surface area contributed by atoms with Gasteiger partial charge in [0, 0.05) is 17.5 Å². The van der Waals surface area contributed by atoms with E-state index in [0.717, 1.165) is 0 Å². The Morgan fingerprint density at radius 1 is 0.949 bits per heavy atom. The van der Waals surface area contributed by atoms with Crippen LogP contribution >= 0.6 is 0 Å². The summed E-state index contributed by atoms with van der Waals surface area (Å²) >= 11 is 0. The van der Waals surface area contributed by atoms with Gasteiger partial charge in [0.05, 0.1) is 29.5 Å². The molecule has 1 saturated carbocycles. The molecule has 0 unspecified atom stereocenters. The highest BCUT2D eigenvalue weighted by atomic mass is 19.4. The Balaban J connectivity index is 1.37. The fourth-order valence-electron chi connectivity index (χ4n) is 5.27. The molecule has 2 aliphatic rings. The molecule has 0 bridgehead atoms. The monoisotopic (exact) mass is 540 g/mol. The zero-order valence-corrected chi connectivity index (χ0v) is 20.3. The number of carbonyl (C=O) groups excluding carboxylic acids is 2. The van der Waals surface area contributed by atoms with Crippen LogP contribution < -0.4 is 10.2 Å². The molecule has 1 aliphatic heterocycles. The predicted octanol–water partition coefficient (Wildman–Crippen LogP) is 5.61. The Labute approximate surface area is 219 Å². The van der Waals surface area contributed by atoms with Gasteiger partial charge >= 0.3 is 6.18 Å². The Hall–Kier alpha value is -4.28. The summed E-state index contributed by atoms with van der Waals surface area (Å²) in [6.07, 6.45) is -4.02. The molecule has 1 N–H and O–H groups in total. The molecule has 2 amide bonds. The van der Waals surface area contributed by atoms with Crippen LogP contribution in [0.3, 0.4) is 0 Å². The van der Waals surface area contributed by atoms with Gasteiger partial charge in [-0.2, -0.15) is 18.3 Å². The Kier molecular flexibility index (Phi) is 5.70. The Morgan fingerprint density at radius 2 is 1.67 bits per heavy atom. The molecule has 6 nitrogen and oxygen atoms in total. The number of carbonyl (C=O) groups is 2. The second-order valence-electron chi connectivity index (χ2n) is 9.90. The lowest BCUT2D eigenvalue weighted by Gasteiger charge is -2.30. The van der Waals surface area contributed by atoms with E-state index in [1.807, 2.05) is 0 Å². The van der Waals surface area contributed by atoms with Gasteiger partial charge in [-0.25, -0.2) is 13.5 Å². The molecule has 0 spiro atoms. The summed E-state index contributed by atoms with van der Waals surface area (Å²) in [5.41, 5.74) is -0.413. The lowest BCUT2D eigenvalue weighted by molar-refractivity contribution is -0.192. The minimum absolute atomic E-state index is 0.256. The minimum atomic E-state index is -4.70. The van der Waals surface area contributed by atoms with Gasteiger partial charge in [-0.05, 0) is 73.0 Å². The van der Waals surface area contributed by atoms with Gasteiger partial charge in [-0.15, -0.1) is 0 Å². The van der Waals surface area contributed by atoms with Crippen molar-refractivity contribution in [3.05, 3.63) is 90.1 Å². The van der Waals surface area contributed by atoms with E-state index < -0.39 is 47.1 Å². The van der Waals surface area contributed by atoms with E-state index in [9.17, 15) is 31.5 Å². The number of aromatic nitrogens is 2. The smallest absolute Gasteiger partial charge is 0.350 e. The number of hydrogen-bond donors (Lipinski definition) is 1. The largest absolute Gasteiger partial charge is 0.403 e. The van der Waals surface area contributed by atoms with E-state index in [-0.39, 0.29) is 19.3 Å². The van der Waals surface area contributed by atoms with Gasteiger partial charge in [-0.3, -0.25) is 9.59 Å². The highest BCUT2D eigenvalue weighted by Crippen LogP contribution is 2.58. The summed E-state index contributed by atoms with van der Waals surface area (Å²) in [5.74, 6) is -2.58. The average Bonchev–Trinajstić information content (AvgIpc) is 3.53. The maximum absolute atomic E-state index is 14.2. The quantitative estimate of drug-likeness (QED) is 0.335. The van der Waals surface area contributed by atoms with E-state index in [4.69, 9.17) is 0 Å². The molecule has 1 aliphatic carbocycles. The molecule has 200 valence electrons. The van der Waals surface area contributed by atoms with E-state index in [2.05, 4.69) is 10.4 Å². The summed E-state index contributed by atoms with van der Waals surface area (Å²) in [6.45, 7) is 0. The van der Waals surface area contributed by atoms with Crippen molar-refractivity contribution in [1.82, 2.24) is 15.1 Å². The summed E-state index contributed by atoms with van der Waals surface area (Å²) < 4.78 is 70.0. The molecule has 1 aromatic heterocycles. The normalized spacial score (nSPS) is 20.4. The summed E-state index contributed by atoms with van der Waals surface area (Å²) in [7, 11) is 0. The van der Waals surface area contributed by atoms with Crippen molar-refractivity contribution < 1.29 is 31.5 Å². The van der Waals surface area contributed by atoms with Crippen molar-refractivity contribution >= 4 is 28.4 Å². The first-order chi connectivity index (χ1) is 18.6. The highest BCUT2D eigenvalue weighted by Gasteiger charge is 2.69. The van der Waals surface area contributed by atoms with Gasteiger partial charge in [0.1, 0.15) is 17.0 Å². The van der Waals surface area contributed by atoms with E-state index in [1.54, 1.807) is 47.3 Å². The number of halogens is 5. The number of anilines is 1. The number of nitrogens with zero attached hydrogens (tertiary/aromatic N) is 3. The van der Waals surface area contributed by atoms with Crippen LogP contribution in [0, 0.1) is 17.0 Å². The molecule has 0 radical (unpaired) electrons. The van der Waals surface area contributed by atoms with Crippen LogP contribution in [0.15, 0.2) is 72.9 Å². The number of hydrogen-bond acceptors (Lipinski definition) is 3. The number of nitrogens with one attached hydrogen (secondary N) is 1. The third kappa shape index (κ3) is 4.21. The third-order valence-corrected chi connectivity index (χ3v) is 7.46. The number of benzene rings is 3.